The molecule has 0 heterocycles. The molecular weight excluding hydrogens is 336 g/mol. The van der Waals surface area contributed by atoms with Gasteiger partial charge in [0, 0.05) is 31.6 Å². The molecule has 0 spiro atoms. The van der Waals surface area contributed by atoms with Crippen LogP contribution in [0.2, 0.25) is 5.02 Å². The van der Waals surface area contributed by atoms with Crippen LogP contribution in [0.25, 0.3) is 0 Å². The summed E-state index contributed by atoms with van der Waals surface area (Å²) in [7, 11) is -3.59. The lowest BCUT2D eigenvalue weighted by atomic mass is 10.2. The SMILES string of the molecule is CCCCCN(CCNS(=O)(=O)c1ccc(Cl)c(C)c1)C(C)=O. The largest absolute Gasteiger partial charge is 0.342 e. The number of unbranched alkanes of at least 4 members (excludes halogenated alkanes) is 2. The molecule has 1 rings (SSSR count). The second kappa shape index (κ2) is 9.25. The van der Waals surface area contributed by atoms with E-state index in [-0.39, 0.29) is 17.3 Å². The fourth-order valence-electron chi connectivity index (χ4n) is 2.16. The number of rotatable bonds is 9. The highest BCUT2D eigenvalue weighted by atomic mass is 35.5. The van der Waals surface area contributed by atoms with Gasteiger partial charge in [0.05, 0.1) is 4.90 Å². The normalized spacial score (nSPS) is 11.5. The molecule has 0 saturated heterocycles. The van der Waals surface area contributed by atoms with Gasteiger partial charge in [-0.2, -0.15) is 0 Å². The van der Waals surface area contributed by atoms with Crippen LogP contribution < -0.4 is 4.72 Å². The molecule has 0 aliphatic heterocycles. The maximum atomic E-state index is 12.2. The molecule has 0 aliphatic carbocycles. The molecule has 130 valence electrons. The fraction of sp³-hybridized carbons (Fsp3) is 0.562. The van der Waals surface area contributed by atoms with E-state index in [1.54, 1.807) is 17.9 Å². The summed E-state index contributed by atoms with van der Waals surface area (Å²) in [4.78, 5) is 13.4. The third kappa shape index (κ3) is 6.49. The Morgan fingerprint density at radius 3 is 2.52 bits per heavy atom. The maximum absolute atomic E-state index is 12.2. The first kappa shape index (κ1) is 19.9. The number of nitrogens with one attached hydrogen (secondary N) is 1. The molecule has 0 saturated carbocycles. The average molecular weight is 361 g/mol. The Hall–Kier alpha value is -1.11. The van der Waals surface area contributed by atoms with Crippen LogP contribution in [-0.4, -0.2) is 38.9 Å². The second-order valence-corrected chi connectivity index (χ2v) is 7.70. The summed E-state index contributed by atoms with van der Waals surface area (Å²) in [5, 5.41) is 0.530. The van der Waals surface area contributed by atoms with Gasteiger partial charge < -0.3 is 4.90 Å². The molecule has 0 fully saturated rings. The van der Waals surface area contributed by atoms with Crippen molar-refractivity contribution in [2.75, 3.05) is 19.6 Å². The molecule has 0 radical (unpaired) electrons. The van der Waals surface area contributed by atoms with E-state index in [2.05, 4.69) is 11.6 Å². The van der Waals surface area contributed by atoms with Crippen molar-refractivity contribution in [2.24, 2.45) is 0 Å². The zero-order valence-corrected chi connectivity index (χ0v) is 15.5. The lowest BCUT2D eigenvalue weighted by Crippen LogP contribution is -2.38. The number of carbonyl (C=O) groups excluding carboxylic acids is 1. The summed E-state index contributed by atoms with van der Waals surface area (Å²) in [6, 6.07) is 4.58. The number of aryl methyl sites for hydroxylation is 1. The van der Waals surface area contributed by atoms with E-state index >= 15 is 0 Å². The molecule has 1 amide bonds. The number of carbonyl (C=O) groups is 1. The van der Waals surface area contributed by atoms with Crippen LogP contribution >= 0.6 is 11.6 Å². The molecule has 23 heavy (non-hydrogen) atoms. The number of nitrogens with zero attached hydrogens (tertiary/aromatic N) is 1. The van der Waals surface area contributed by atoms with Gasteiger partial charge in [-0.25, -0.2) is 13.1 Å². The number of hydrogen-bond donors (Lipinski definition) is 1. The van der Waals surface area contributed by atoms with E-state index in [1.807, 2.05) is 0 Å². The molecule has 1 N–H and O–H groups in total. The molecule has 0 unspecified atom stereocenters. The molecule has 0 aliphatic rings. The van der Waals surface area contributed by atoms with Crippen molar-refractivity contribution in [3.63, 3.8) is 0 Å². The highest BCUT2D eigenvalue weighted by Crippen LogP contribution is 2.19. The van der Waals surface area contributed by atoms with Crippen molar-refractivity contribution in [3.8, 4) is 0 Å². The van der Waals surface area contributed by atoms with Crippen molar-refractivity contribution in [1.29, 1.82) is 0 Å². The van der Waals surface area contributed by atoms with Gasteiger partial charge in [-0.15, -0.1) is 0 Å². The van der Waals surface area contributed by atoms with E-state index in [0.29, 0.717) is 23.7 Å². The molecule has 1 aromatic rings. The Kier molecular flexibility index (Phi) is 8.02. The third-order valence-corrected chi connectivity index (χ3v) is 5.47. The molecule has 5 nitrogen and oxygen atoms in total. The van der Waals surface area contributed by atoms with Crippen LogP contribution in [0.4, 0.5) is 0 Å². The van der Waals surface area contributed by atoms with Crippen LogP contribution in [-0.2, 0) is 14.8 Å². The Morgan fingerprint density at radius 1 is 1.26 bits per heavy atom. The minimum atomic E-state index is -3.59. The Balaban J connectivity index is 2.60. The number of halogens is 1. The minimum Gasteiger partial charge on any atom is -0.342 e. The quantitative estimate of drug-likeness (QED) is 0.688. The minimum absolute atomic E-state index is 0.0392. The summed E-state index contributed by atoms with van der Waals surface area (Å²) in [5.74, 6) is -0.0392. The molecule has 7 heteroatoms. The molecular formula is C16H25ClN2O3S. The zero-order chi connectivity index (χ0) is 17.5. The van der Waals surface area contributed by atoms with E-state index in [9.17, 15) is 13.2 Å². The van der Waals surface area contributed by atoms with Crippen molar-refractivity contribution in [1.82, 2.24) is 9.62 Å². The molecule has 0 bridgehead atoms. The van der Waals surface area contributed by atoms with Crippen LogP contribution in [0.3, 0.4) is 0 Å². The van der Waals surface area contributed by atoms with E-state index in [4.69, 9.17) is 11.6 Å². The van der Waals surface area contributed by atoms with Crippen LogP contribution in [0, 0.1) is 6.92 Å². The number of amides is 1. The summed E-state index contributed by atoms with van der Waals surface area (Å²) < 4.78 is 27.0. The number of hydrogen-bond acceptors (Lipinski definition) is 3. The first-order chi connectivity index (χ1) is 10.8. The van der Waals surface area contributed by atoms with E-state index < -0.39 is 10.0 Å². The first-order valence-corrected chi connectivity index (χ1v) is 9.65. The van der Waals surface area contributed by atoms with Crippen molar-refractivity contribution >= 4 is 27.5 Å². The Bertz CT molecular complexity index is 632. The highest BCUT2D eigenvalue weighted by Gasteiger charge is 2.16. The van der Waals surface area contributed by atoms with Crippen molar-refractivity contribution in [3.05, 3.63) is 28.8 Å². The fourth-order valence-corrected chi connectivity index (χ4v) is 3.39. The second-order valence-electron chi connectivity index (χ2n) is 5.52. The lowest BCUT2D eigenvalue weighted by molar-refractivity contribution is -0.128. The zero-order valence-electron chi connectivity index (χ0n) is 13.9. The monoisotopic (exact) mass is 360 g/mol. The summed E-state index contributed by atoms with van der Waals surface area (Å²) in [5.41, 5.74) is 0.708. The highest BCUT2D eigenvalue weighted by molar-refractivity contribution is 7.89. The number of sulfonamides is 1. The summed E-state index contributed by atoms with van der Waals surface area (Å²) >= 11 is 5.91. The van der Waals surface area contributed by atoms with Crippen molar-refractivity contribution < 1.29 is 13.2 Å². The predicted octanol–water partition coefficient (Wildman–Crippen LogP) is 2.97. The van der Waals surface area contributed by atoms with Gasteiger partial charge in [0.1, 0.15) is 0 Å². The van der Waals surface area contributed by atoms with Gasteiger partial charge >= 0.3 is 0 Å². The average Bonchev–Trinajstić information content (AvgIpc) is 2.48. The van der Waals surface area contributed by atoms with E-state index in [1.165, 1.54) is 19.1 Å². The summed E-state index contributed by atoms with van der Waals surface area (Å²) in [6.07, 6.45) is 3.06. The van der Waals surface area contributed by atoms with Gasteiger partial charge in [-0.3, -0.25) is 4.79 Å². The predicted molar refractivity (Wildman–Crippen MR) is 93.2 cm³/mol. The van der Waals surface area contributed by atoms with Gasteiger partial charge in [0.25, 0.3) is 0 Å². The Labute approximate surface area is 144 Å². The maximum Gasteiger partial charge on any atom is 0.240 e. The van der Waals surface area contributed by atoms with E-state index in [0.717, 1.165) is 19.3 Å². The lowest BCUT2D eigenvalue weighted by Gasteiger charge is -2.21. The molecule has 0 aromatic heterocycles. The standard InChI is InChI=1S/C16H25ClN2O3S/c1-4-5-6-10-19(14(3)20)11-9-18-23(21,22)15-7-8-16(17)13(2)12-15/h7-8,12,18H,4-6,9-11H2,1-3H3. The topological polar surface area (TPSA) is 66.5 Å². The number of benzene rings is 1. The molecule has 1 aromatic carbocycles. The van der Waals surface area contributed by atoms with Gasteiger partial charge in [0.15, 0.2) is 0 Å². The molecule has 0 atom stereocenters. The Morgan fingerprint density at radius 2 is 1.96 bits per heavy atom. The van der Waals surface area contributed by atoms with Crippen LogP contribution in [0.5, 0.6) is 0 Å². The van der Waals surface area contributed by atoms with Crippen molar-refractivity contribution in [2.45, 2.75) is 44.9 Å². The van der Waals surface area contributed by atoms with Gasteiger partial charge in [-0.1, -0.05) is 31.4 Å². The third-order valence-electron chi connectivity index (χ3n) is 3.59. The first-order valence-electron chi connectivity index (χ1n) is 7.79. The van der Waals surface area contributed by atoms with Crippen LogP contribution in [0.15, 0.2) is 23.1 Å². The van der Waals surface area contributed by atoms with Gasteiger partial charge in [-0.05, 0) is 37.1 Å². The smallest absolute Gasteiger partial charge is 0.240 e. The van der Waals surface area contributed by atoms with Crippen LogP contribution in [0.1, 0.15) is 38.7 Å². The van der Waals surface area contributed by atoms with Gasteiger partial charge in [0.2, 0.25) is 15.9 Å². The summed E-state index contributed by atoms with van der Waals surface area (Å²) in [6.45, 7) is 6.57.